The number of imidazole rings is 1. The van der Waals surface area contributed by atoms with Crippen LogP contribution in [-0.4, -0.2) is 47.6 Å². The van der Waals surface area contributed by atoms with Gasteiger partial charge in [-0.05, 0) is 92.5 Å². The Labute approximate surface area is 235 Å². The van der Waals surface area contributed by atoms with E-state index in [0.29, 0.717) is 34.8 Å². The van der Waals surface area contributed by atoms with Gasteiger partial charge in [-0.2, -0.15) is 0 Å². The molecular formula is C32H29F2N5O2. The minimum Gasteiger partial charge on any atom is -0.503 e. The van der Waals surface area contributed by atoms with E-state index in [4.69, 9.17) is 9.97 Å². The molecule has 0 radical (unpaired) electrons. The minimum absolute atomic E-state index is 0.0907. The van der Waals surface area contributed by atoms with Crippen molar-refractivity contribution < 1.29 is 18.7 Å². The van der Waals surface area contributed by atoms with Crippen molar-refractivity contribution in [1.29, 1.82) is 0 Å². The van der Waals surface area contributed by atoms with Gasteiger partial charge in [0.25, 0.3) is 5.91 Å². The number of halogens is 2. The van der Waals surface area contributed by atoms with Crippen LogP contribution in [0.4, 0.5) is 8.78 Å². The molecule has 1 saturated heterocycles. The first kappa shape index (κ1) is 24.5. The lowest BCUT2D eigenvalue weighted by Gasteiger charge is -2.27. The van der Waals surface area contributed by atoms with Crippen LogP contribution in [0, 0.1) is 23.5 Å². The molecule has 2 unspecified atom stereocenters. The quantitative estimate of drug-likeness (QED) is 0.278. The third-order valence-electron chi connectivity index (χ3n) is 9.22. The van der Waals surface area contributed by atoms with Crippen LogP contribution in [-0.2, 0) is 13.6 Å². The third kappa shape index (κ3) is 3.93. The average Bonchev–Trinajstić information content (AvgIpc) is 3.26. The maximum absolute atomic E-state index is 14.1. The van der Waals surface area contributed by atoms with E-state index in [-0.39, 0.29) is 11.5 Å². The SMILES string of the molecule is Cn1c(-c2cc3ccc(-c4cc(F)c(O)c(F)c4)nc3n2CC2CC2)nc2cc(C(=O)N3CC4CCC3C4)ccc21. The highest BCUT2D eigenvalue weighted by Crippen LogP contribution is 2.39. The maximum atomic E-state index is 14.1. The van der Waals surface area contributed by atoms with Crippen LogP contribution in [0.1, 0.15) is 42.5 Å². The predicted molar refractivity (Wildman–Crippen MR) is 151 cm³/mol. The number of fused-ring (bicyclic) bond motifs is 4. The standard InChI is InChI=1S/C32H29F2N5O2/c1-37-27-9-6-20(32(41)38-16-18-4-7-22(38)10-18)13-26(27)36-31(37)28-14-19-5-8-25(21-11-23(33)29(40)24(34)12-21)35-30(19)39(28)15-17-2-3-17/h5-6,8-9,11-14,17-18,22,40H,2-4,7,10,15-16H2,1H3. The molecule has 1 amide bonds. The first-order valence-electron chi connectivity index (χ1n) is 14.3. The van der Waals surface area contributed by atoms with E-state index in [0.717, 1.165) is 78.8 Å². The van der Waals surface area contributed by atoms with Crippen LogP contribution >= 0.6 is 0 Å². The van der Waals surface area contributed by atoms with Gasteiger partial charge in [0, 0.05) is 42.7 Å². The first-order chi connectivity index (χ1) is 19.8. The van der Waals surface area contributed by atoms with Gasteiger partial charge >= 0.3 is 0 Å². The number of hydrogen-bond donors (Lipinski definition) is 1. The third-order valence-corrected chi connectivity index (χ3v) is 9.22. The number of phenols is 1. The van der Waals surface area contributed by atoms with Gasteiger partial charge in [0.1, 0.15) is 5.65 Å². The summed E-state index contributed by atoms with van der Waals surface area (Å²) in [6, 6.07) is 14.0. The van der Waals surface area contributed by atoms with Gasteiger partial charge in [-0.3, -0.25) is 4.79 Å². The highest BCUT2D eigenvalue weighted by Gasteiger charge is 2.40. The number of aryl methyl sites for hydroxylation is 1. The molecule has 9 heteroatoms. The molecular weight excluding hydrogens is 524 g/mol. The monoisotopic (exact) mass is 553 g/mol. The number of aromatic nitrogens is 4. The summed E-state index contributed by atoms with van der Waals surface area (Å²) >= 11 is 0. The summed E-state index contributed by atoms with van der Waals surface area (Å²) < 4.78 is 32.4. The Morgan fingerprint density at radius 2 is 1.80 bits per heavy atom. The summed E-state index contributed by atoms with van der Waals surface area (Å²) in [4.78, 5) is 25.3. The number of piperidine rings is 1. The second kappa shape index (κ2) is 8.86. The topological polar surface area (TPSA) is 76.2 Å². The number of carbonyl (C=O) groups excluding carboxylic acids is 1. The van der Waals surface area contributed by atoms with Crippen LogP contribution in [0.15, 0.2) is 48.5 Å². The second-order valence-corrected chi connectivity index (χ2v) is 12.0. The van der Waals surface area contributed by atoms with Gasteiger partial charge in [0.05, 0.1) is 22.4 Å². The van der Waals surface area contributed by atoms with Gasteiger partial charge < -0.3 is 19.1 Å². The molecule has 1 aliphatic heterocycles. The number of rotatable bonds is 5. The number of hydrogen-bond acceptors (Lipinski definition) is 4. The van der Waals surface area contributed by atoms with E-state index < -0.39 is 17.4 Å². The van der Waals surface area contributed by atoms with Crippen LogP contribution in [0.2, 0.25) is 0 Å². The fourth-order valence-corrected chi connectivity index (χ4v) is 6.83. The van der Waals surface area contributed by atoms with Crippen molar-refractivity contribution in [1.82, 2.24) is 24.0 Å². The first-order valence-corrected chi connectivity index (χ1v) is 14.3. The van der Waals surface area contributed by atoms with Crippen molar-refractivity contribution in [2.75, 3.05) is 6.54 Å². The van der Waals surface area contributed by atoms with Gasteiger partial charge in [0.15, 0.2) is 23.2 Å². The van der Waals surface area contributed by atoms with E-state index >= 15 is 0 Å². The fourth-order valence-electron chi connectivity index (χ4n) is 6.83. The Morgan fingerprint density at radius 3 is 2.51 bits per heavy atom. The van der Waals surface area contributed by atoms with Crippen LogP contribution < -0.4 is 0 Å². The average molecular weight is 554 g/mol. The Bertz CT molecular complexity index is 1870. The lowest BCUT2D eigenvalue weighted by molar-refractivity contribution is 0.0703. The van der Waals surface area contributed by atoms with Gasteiger partial charge in [-0.25, -0.2) is 18.7 Å². The van der Waals surface area contributed by atoms with E-state index in [9.17, 15) is 18.7 Å². The van der Waals surface area contributed by atoms with Crippen LogP contribution in [0.25, 0.3) is 44.8 Å². The van der Waals surface area contributed by atoms with Crippen molar-refractivity contribution in [2.45, 2.75) is 44.7 Å². The molecule has 208 valence electrons. The number of phenolic OH excluding ortho intramolecular Hbond substituents is 1. The molecule has 0 spiro atoms. The largest absolute Gasteiger partial charge is 0.503 e. The van der Waals surface area contributed by atoms with Crippen molar-refractivity contribution >= 4 is 28.0 Å². The summed E-state index contributed by atoms with van der Waals surface area (Å²) in [6.07, 6.45) is 5.73. The van der Waals surface area contributed by atoms with Gasteiger partial charge in [0.2, 0.25) is 0 Å². The van der Waals surface area contributed by atoms with Crippen LogP contribution in [0.5, 0.6) is 5.75 Å². The van der Waals surface area contributed by atoms with Crippen LogP contribution in [0.3, 0.4) is 0 Å². The zero-order valence-corrected chi connectivity index (χ0v) is 22.6. The van der Waals surface area contributed by atoms with Gasteiger partial charge in [-0.15, -0.1) is 0 Å². The summed E-state index contributed by atoms with van der Waals surface area (Å²) in [5.74, 6) is -0.999. The van der Waals surface area contributed by atoms with E-state index in [2.05, 4.69) is 10.6 Å². The molecule has 2 bridgehead atoms. The molecule has 5 aromatic rings. The fraction of sp³-hybridized carbons (Fsp3) is 0.344. The maximum Gasteiger partial charge on any atom is 0.254 e. The number of pyridine rings is 1. The Hall–Kier alpha value is -4.27. The molecule has 8 rings (SSSR count). The zero-order chi connectivity index (χ0) is 28.0. The molecule has 2 aromatic carbocycles. The Kier molecular flexibility index (Phi) is 5.30. The zero-order valence-electron chi connectivity index (χ0n) is 22.6. The highest BCUT2D eigenvalue weighted by molar-refractivity contribution is 5.98. The number of likely N-dealkylation sites (tertiary alicyclic amines) is 1. The van der Waals surface area contributed by atoms with E-state index in [1.54, 1.807) is 6.07 Å². The Morgan fingerprint density at radius 1 is 1.00 bits per heavy atom. The molecule has 7 nitrogen and oxygen atoms in total. The van der Waals surface area contributed by atoms with Crippen molar-refractivity contribution in [3.8, 4) is 28.5 Å². The van der Waals surface area contributed by atoms with Crippen molar-refractivity contribution in [3.63, 3.8) is 0 Å². The molecule has 2 aliphatic carbocycles. The Balaban J connectivity index is 1.22. The van der Waals surface area contributed by atoms with Crippen molar-refractivity contribution in [2.24, 2.45) is 18.9 Å². The van der Waals surface area contributed by atoms with Crippen molar-refractivity contribution in [3.05, 3.63) is 65.7 Å². The molecule has 2 atom stereocenters. The number of amides is 1. The summed E-state index contributed by atoms with van der Waals surface area (Å²) in [5, 5.41) is 10.4. The lowest BCUT2D eigenvalue weighted by Crippen LogP contribution is -2.37. The van der Waals surface area contributed by atoms with E-state index in [1.165, 1.54) is 6.42 Å². The number of nitrogens with zero attached hydrogens (tertiary/aromatic N) is 5. The second-order valence-electron chi connectivity index (χ2n) is 12.0. The molecule has 3 aromatic heterocycles. The highest BCUT2D eigenvalue weighted by atomic mass is 19.1. The molecule has 41 heavy (non-hydrogen) atoms. The molecule has 4 heterocycles. The summed E-state index contributed by atoms with van der Waals surface area (Å²) in [7, 11) is 1.98. The van der Waals surface area contributed by atoms with Gasteiger partial charge in [-0.1, -0.05) is 0 Å². The molecule has 3 fully saturated rings. The number of carbonyl (C=O) groups is 1. The predicted octanol–water partition coefficient (Wildman–Crippen LogP) is 6.28. The number of aromatic hydroxyl groups is 1. The smallest absolute Gasteiger partial charge is 0.254 e. The lowest BCUT2D eigenvalue weighted by atomic mass is 10.1. The molecule has 2 saturated carbocycles. The number of benzene rings is 2. The minimum atomic E-state index is -1.02. The normalized spacial score (nSPS) is 20.1. The van der Waals surface area contributed by atoms with E-state index in [1.807, 2.05) is 40.8 Å². The molecule has 3 aliphatic rings. The molecule has 1 N–H and O–H groups in total. The summed E-state index contributed by atoms with van der Waals surface area (Å²) in [5.41, 5.74) is 4.67. The summed E-state index contributed by atoms with van der Waals surface area (Å²) in [6.45, 7) is 1.62.